The molecule has 0 bridgehead atoms. The zero-order chi connectivity index (χ0) is 24.1. The number of fused-ring (bicyclic) bond motifs is 2. The van der Waals surface area contributed by atoms with E-state index in [0.29, 0.717) is 50.7 Å². The molecule has 10 heteroatoms. The van der Waals surface area contributed by atoms with Crippen LogP contribution < -0.4 is 10.6 Å². The third kappa shape index (κ3) is 4.23. The lowest BCUT2D eigenvalue weighted by molar-refractivity contribution is -0.144. The molecule has 1 aliphatic heterocycles. The maximum Gasteiger partial charge on any atom is 0.323 e. The number of anilines is 1. The molecule has 5 rings (SSSR count). The van der Waals surface area contributed by atoms with E-state index in [4.69, 9.17) is 9.72 Å². The first-order valence-electron chi connectivity index (χ1n) is 12.5. The number of urea groups is 1. The Morgan fingerprint density at radius 2 is 1.97 bits per heavy atom. The summed E-state index contributed by atoms with van der Waals surface area (Å²) in [5.74, 6) is -0.101. The van der Waals surface area contributed by atoms with Crippen LogP contribution in [0.1, 0.15) is 62.4 Å². The minimum atomic E-state index is -0.656. The van der Waals surface area contributed by atoms with E-state index in [-0.39, 0.29) is 41.8 Å². The highest BCUT2D eigenvalue weighted by molar-refractivity contribution is 7.15. The number of nitrogens with zero attached hydrogens (tertiary/aromatic N) is 2. The molecule has 5 atom stereocenters. The second-order valence-electron chi connectivity index (χ2n) is 10.9. The summed E-state index contributed by atoms with van der Waals surface area (Å²) in [6, 6.07) is 0.102. The van der Waals surface area contributed by atoms with Crippen molar-refractivity contribution in [1.82, 2.24) is 15.2 Å². The number of aliphatic hydroxyl groups excluding tert-OH is 2. The SMILES string of the molecule is C[C@]1(CO)[C@H]2Cc3sc(NC(=O)N4CCOCC4)nc3[C@@H](CC(=O)NC3CC3)[C@]2(C)CC[C@H]1O. The minimum absolute atomic E-state index is 0.00298. The van der Waals surface area contributed by atoms with Crippen LogP contribution in [0.2, 0.25) is 0 Å². The summed E-state index contributed by atoms with van der Waals surface area (Å²) in [5, 5.41) is 27.9. The zero-order valence-corrected chi connectivity index (χ0v) is 20.8. The van der Waals surface area contributed by atoms with Crippen LogP contribution in [0, 0.1) is 16.7 Å². The minimum Gasteiger partial charge on any atom is -0.396 e. The average Bonchev–Trinajstić information content (AvgIpc) is 3.55. The highest BCUT2D eigenvalue weighted by Crippen LogP contribution is 2.62. The maximum atomic E-state index is 13.0. The van der Waals surface area contributed by atoms with Crippen molar-refractivity contribution >= 4 is 28.4 Å². The highest BCUT2D eigenvalue weighted by atomic mass is 32.1. The van der Waals surface area contributed by atoms with Crippen molar-refractivity contribution in [2.75, 3.05) is 38.2 Å². The maximum absolute atomic E-state index is 13.0. The van der Waals surface area contributed by atoms with E-state index >= 15 is 0 Å². The molecule has 34 heavy (non-hydrogen) atoms. The highest BCUT2D eigenvalue weighted by Gasteiger charge is 2.59. The molecule has 1 saturated heterocycles. The van der Waals surface area contributed by atoms with Crippen LogP contribution in [0.4, 0.5) is 9.93 Å². The Morgan fingerprint density at radius 3 is 2.65 bits per heavy atom. The molecule has 3 aliphatic carbocycles. The Morgan fingerprint density at radius 1 is 1.24 bits per heavy atom. The molecule has 2 heterocycles. The van der Waals surface area contributed by atoms with Crippen molar-refractivity contribution in [3.05, 3.63) is 10.6 Å². The molecule has 2 saturated carbocycles. The number of hydrogen-bond acceptors (Lipinski definition) is 7. The van der Waals surface area contributed by atoms with Gasteiger partial charge in [0, 0.05) is 41.8 Å². The number of morpholine rings is 1. The van der Waals surface area contributed by atoms with Gasteiger partial charge in [-0.25, -0.2) is 9.78 Å². The van der Waals surface area contributed by atoms with Gasteiger partial charge in [-0.3, -0.25) is 10.1 Å². The van der Waals surface area contributed by atoms with E-state index in [1.807, 2.05) is 6.92 Å². The first-order chi connectivity index (χ1) is 16.2. The Hall–Kier alpha value is -1.75. The Labute approximate surface area is 204 Å². The van der Waals surface area contributed by atoms with E-state index < -0.39 is 11.5 Å². The molecule has 0 radical (unpaired) electrons. The smallest absolute Gasteiger partial charge is 0.323 e. The molecule has 3 amide bonds. The van der Waals surface area contributed by atoms with Gasteiger partial charge in [0.25, 0.3) is 0 Å². The number of aliphatic hydroxyl groups is 2. The second-order valence-corrected chi connectivity index (χ2v) is 12.0. The van der Waals surface area contributed by atoms with Crippen molar-refractivity contribution in [3.8, 4) is 0 Å². The zero-order valence-electron chi connectivity index (χ0n) is 20.0. The predicted octanol–water partition coefficient (Wildman–Crippen LogP) is 2.09. The van der Waals surface area contributed by atoms with E-state index in [0.717, 1.165) is 29.8 Å². The first kappa shape index (κ1) is 24.0. The number of thiazole rings is 1. The van der Waals surface area contributed by atoms with Gasteiger partial charge in [-0.05, 0) is 43.4 Å². The second kappa shape index (κ2) is 9.04. The molecule has 4 N–H and O–H groups in total. The summed E-state index contributed by atoms with van der Waals surface area (Å²) in [7, 11) is 0. The van der Waals surface area contributed by atoms with Crippen molar-refractivity contribution in [2.24, 2.45) is 16.7 Å². The summed E-state index contributed by atoms with van der Waals surface area (Å²) in [6.45, 7) is 6.21. The fourth-order valence-electron chi connectivity index (χ4n) is 6.34. The third-order valence-corrected chi connectivity index (χ3v) is 9.75. The van der Waals surface area contributed by atoms with Gasteiger partial charge < -0.3 is 25.2 Å². The molecule has 1 aromatic heterocycles. The van der Waals surface area contributed by atoms with E-state index in [1.165, 1.54) is 11.3 Å². The average molecular weight is 493 g/mol. The fourth-order valence-corrected chi connectivity index (χ4v) is 7.39. The largest absolute Gasteiger partial charge is 0.396 e. The number of carbonyl (C=O) groups is 2. The van der Waals surface area contributed by atoms with Crippen molar-refractivity contribution in [2.45, 2.75) is 70.4 Å². The molecule has 0 unspecified atom stereocenters. The lowest BCUT2D eigenvalue weighted by Gasteiger charge is -2.58. The number of nitrogens with one attached hydrogen (secondary N) is 2. The quantitative estimate of drug-likeness (QED) is 0.499. The number of hydrogen-bond donors (Lipinski definition) is 4. The molecule has 0 aromatic carbocycles. The van der Waals surface area contributed by atoms with Crippen LogP contribution in [-0.2, 0) is 16.0 Å². The van der Waals surface area contributed by atoms with Crippen molar-refractivity contribution < 1.29 is 24.5 Å². The lowest BCUT2D eigenvalue weighted by Crippen LogP contribution is -2.57. The topological polar surface area (TPSA) is 124 Å². The van der Waals surface area contributed by atoms with Crippen LogP contribution in [0.15, 0.2) is 0 Å². The summed E-state index contributed by atoms with van der Waals surface area (Å²) in [4.78, 5) is 33.4. The lowest BCUT2D eigenvalue weighted by atomic mass is 9.47. The predicted molar refractivity (Wildman–Crippen MR) is 128 cm³/mol. The van der Waals surface area contributed by atoms with Crippen LogP contribution in [0.3, 0.4) is 0 Å². The molecule has 0 spiro atoms. The summed E-state index contributed by atoms with van der Waals surface area (Å²) < 4.78 is 5.34. The van der Waals surface area contributed by atoms with E-state index in [2.05, 4.69) is 17.6 Å². The van der Waals surface area contributed by atoms with Gasteiger partial charge in [-0.15, -0.1) is 11.3 Å². The molecule has 4 aliphatic rings. The standard InChI is InChI=1S/C24H36N4O5S/c1-23-6-5-18(30)24(2,13-29)17(23)12-16-20(15(23)11-19(31)25-14-3-4-14)26-21(34-16)27-22(32)28-7-9-33-10-8-28/h14-15,17-18,29-30H,3-13H2,1-2H3,(H,25,31)(H,26,27,32)/t15-,17+,18-,23+,24+/m1/s1. The monoisotopic (exact) mass is 492 g/mol. The molecule has 3 fully saturated rings. The fraction of sp³-hybridized carbons (Fsp3) is 0.792. The third-order valence-electron chi connectivity index (χ3n) is 8.74. The van der Waals surface area contributed by atoms with E-state index in [9.17, 15) is 19.8 Å². The van der Waals surface area contributed by atoms with Crippen LogP contribution >= 0.6 is 11.3 Å². The number of amides is 3. The van der Waals surface area contributed by atoms with Crippen LogP contribution in [0.5, 0.6) is 0 Å². The molecule has 1 aromatic rings. The van der Waals surface area contributed by atoms with Gasteiger partial charge in [0.2, 0.25) is 5.91 Å². The van der Waals surface area contributed by atoms with E-state index in [1.54, 1.807) is 4.90 Å². The van der Waals surface area contributed by atoms with Gasteiger partial charge >= 0.3 is 6.03 Å². The molecular formula is C24H36N4O5S. The summed E-state index contributed by atoms with van der Waals surface area (Å²) in [5.41, 5.74) is -0.0509. The Bertz CT molecular complexity index is 946. The molecule has 9 nitrogen and oxygen atoms in total. The van der Waals surface area contributed by atoms with Gasteiger partial charge in [-0.2, -0.15) is 0 Å². The number of rotatable bonds is 5. The number of ether oxygens (including phenoxy) is 1. The molecule has 188 valence electrons. The Balaban J connectivity index is 1.46. The molecular weight excluding hydrogens is 456 g/mol. The van der Waals surface area contributed by atoms with Gasteiger partial charge in [-0.1, -0.05) is 13.8 Å². The summed E-state index contributed by atoms with van der Waals surface area (Å²) >= 11 is 1.46. The van der Waals surface area contributed by atoms with Crippen LogP contribution in [0.25, 0.3) is 0 Å². The number of carbonyl (C=O) groups excluding carboxylic acids is 2. The van der Waals surface area contributed by atoms with Crippen LogP contribution in [-0.4, -0.2) is 77.1 Å². The van der Waals surface area contributed by atoms with Gasteiger partial charge in [0.15, 0.2) is 5.13 Å². The Kier molecular flexibility index (Phi) is 6.37. The van der Waals surface area contributed by atoms with Crippen molar-refractivity contribution in [1.29, 1.82) is 0 Å². The van der Waals surface area contributed by atoms with Crippen molar-refractivity contribution in [3.63, 3.8) is 0 Å². The van der Waals surface area contributed by atoms with Gasteiger partial charge in [0.05, 0.1) is 31.6 Å². The summed E-state index contributed by atoms with van der Waals surface area (Å²) in [6.07, 6.45) is 3.83. The normalized spacial score (nSPS) is 35.3. The number of aromatic nitrogens is 1. The first-order valence-corrected chi connectivity index (χ1v) is 13.3. The van der Waals surface area contributed by atoms with Gasteiger partial charge in [0.1, 0.15) is 0 Å².